The Labute approximate surface area is 51.6 Å². The monoisotopic (exact) mass is 112 g/mol. The molecule has 0 bridgehead atoms. The summed E-state index contributed by atoms with van der Waals surface area (Å²) in [6.45, 7) is 7.41. The van der Waals surface area contributed by atoms with Crippen LogP contribution in [0.2, 0.25) is 0 Å². The first-order valence-electron chi connectivity index (χ1n) is 2.92. The highest BCUT2D eigenvalue weighted by Gasteiger charge is 2.08. The molecule has 0 spiro atoms. The van der Waals surface area contributed by atoms with Gasteiger partial charge in [0, 0.05) is 5.54 Å². The molecule has 0 saturated heterocycles. The number of allylic oxidation sites excluding steroid dienone is 1. The molecule has 0 unspecified atom stereocenters. The van der Waals surface area contributed by atoms with Crippen molar-refractivity contribution in [1.82, 2.24) is 5.73 Å². The molecule has 1 N–H and O–H groups in total. The van der Waals surface area contributed by atoms with Crippen LogP contribution in [0, 0.1) is 0 Å². The van der Waals surface area contributed by atoms with Crippen molar-refractivity contribution in [2.45, 2.75) is 32.2 Å². The second-order valence-electron chi connectivity index (χ2n) is 2.71. The topological polar surface area (TPSA) is 23.8 Å². The van der Waals surface area contributed by atoms with Crippen molar-refractivity contribution in [2.75, 3.05) is 0 Å². The SMILES string of the molecule is C=CCCC(C)(C)[NH]. The van der Waals surface area contributed by atoms with Gasteiger partial charge in [-0.3, -0.25) is 5.73 Å². The lowest BCUT2D eigenvalue weighted by molar-refractivity contribution is 0.464. The molecule has 0 heterocycles. The minimum Gasteiger partial charge on any atom is -0.252 e. The van der Waals surface area contributed by atoms with Crippen LogP contribution >= 0.6 is 0 Å². The average Bonchev–Trinajstić information content (AvgIpc) is 1.59. The van der Waals surface area contributed by atoms with Crippen molar-refractivity contribution >= 4 is 0 Å². The van der Waals surface area contributed by atoms with E-state index < -0.39 is 0 Å². The Bertz CT molecular complexity index is 68.9. The van der Waals surface area contributed by atoms with Gasteiger partial charge < -0.3 is 0 Å². The highest BCUT2D eigenvalue weighted by Crippen LogP contribution is 2.08. The Kier molecular flexibility index (Phi) is 2.77. The molecule has 0 aromatic carbocycles. The van der Waals surface area contributed by atoms with Gasteiger partial charge in [0.25, 0.3) is 0 Å². The highest BCUT2D eigenvalue weighted by atomic mass is 14.7. The Morgan fingerprint density at radius 2 is 2.12 bits per heavy atom. The summed E-state index contributed by atoms with van der Waals surface area (Å²) in [5.41, 5.74) is 7.12. The van der Waals surface area contributed by atoms with Crippen LogP contribution < -0.4 is 5.73 Å². The molecule has 0 rings (SSSR count). The number of rotatable bonds is 3. The Morgan fingerprint density at radius 1 is 1.62 bits per heavy atom. The standard InChI is InChI=1S/C7H14N/c1-4-5-6-7(2,3)8/h4,8H,1,5-6H2,2-3H3. The summed E-state index contributed by atoms with van der Waals surface area (Å²) < 4.78 is 0. The lowest BCUT2D eigenvalue weighted by Crippen LogP contribution is -2.19. The molecule has 8 heavy (non-hydrogen) atoms. The minimum atomic E-state index is -0.270. The molecule has 0 aromatic heterocycles. The van der Waals surface area contributed by atoms with E-state index in [-0.39, 0.29) is 5.54 Å². The summed E-state index contributed by atoms with van der Waals surface area (Å²) in [4.78, 5) is 0. The summed E-state index contributed by atoms with van der Waals surface area (Å²) in [7, 11) is 0. The Balaban J connectivity index is 3.24. The van der Waals surface area contributed by atoms with E-state index >= 15 is 0 Å². The van der Waals surface area contributed by atoms with Crippen molar-refractivity contribution in [3.05, 3.63) is 12.7 Å². The molecule has 1 radical (unpaired) electrons. The van der Waals surface area contributed by atoms with Gasteiger partial charge in [0.1, 0.15) is 0 Å². The van der Waals surface area contributed by atoms with Gasteiger partial charge in [0.15, 0.2) is 0 Å². The number of nitrogens with one attached hydrogen (secondary N) is 1. The van der Waals surface area contributed by atoms with Gasteiger partial charge in [-0.25, -0.2) is 0 Å². The van der Waals surface area contributed by atoms with Gasteiger partial charge in [-0.15, -0.1) is 6.58 Å². The van der Waals surface area contributed by atoms with E-state index in [0.29, 0.717) is 0 Å². The van der Waals surface area contributed by atoms with Gasteiger partial charge in [0.2, 0.25) is 0 Å². The van der Waals surface area contributed by atoms with Gasteiger partial charge in [-0.1, -0.05) is 6.08 Å². The van der Waals surface area contributed by atoms with E-state index in [2.05, 4.69) is 6.58 Å². The van der Waals surface area contributed by atoms with Crippen LogP contribution in [0.15, 0.2) is 12.7 Å². The lowest BCUT2D eigenvalue weighted by atomic mass is 10.0. The van der Waals surface area contributed by atoms with Crippen LogP contribution in [0.5, 0.6) is 0 Å². The third-order valence-electron chi connectivity index (χ3n) is 0.973. The zero-order valence-corrected chi connectivity index (χ0v) is 5.70. The molecule has 0 aliphatic rings. The molecule has 0 aliphatic heterocycles. The van der Waals surface area contributed by atoms with Crippen LogP contribution in [-0.4, -0.2) is 5.54 Å². The first kappa shape index (κ1) is 7.70. The lowest BCUT2D eigenvalue weighted by Gasteiger charge is -2.14. The number of hydrogen-bond acceptors (Lipinski definition) is 0. The molecule has 0 amide bonds. The quantitative estimate of drug-likeness (QED) is 0.499. The predicted molar refractivity (Wildman–Crippen MR) is 36.6 cm³/mol. The summed E-state index contributed by atoms with van der Waals surface area (Å²) in [6, 6.07) is 0. The van der Waals surface area contributed by atoms with E-state index in [1.54, 1.807) is 0 Å². The van der Waals surface area contributed by atoms with Crippen LogP contribution in [0.4, 0.5) is 0 Å². The fraction of sp³-hybridized carbons (Fsp3) is 0.714. The first-order chi connectivity index (χ1) is 3.56. The van der Waals surface area contributed by atoms with Gasteiger partial charge in [-0.05, 0) is 26.7 Å². The van der Waals surface area contributed by atoms with Crippen molar-refractivity contribution in [3.63, 3.8) is 0 Å². The molecule has 0 saturated carbocycles. The molecule has 1 nitrogen and oxygen atoms in total. The fourth-order valence-electron chi connectivity index (χ4n) is 0.463. The van der Waals surface area contributed by atoms with E-state index in [1.807, 2.05) is 19.9 Å². The van der Waals surface area contributed by atoms with E-state index in [9.17, 15) is 0 Å². The normalized spacial score (nSPS) is 11.4. The molecule has 0 atom stereocenters. The van der Waals surface area contributed by atoms with E-state index in [1.165, 1.54) is 0 Å². The average molecular weight is 112 g/mol. The van der Waals surface area contributed by atoms with Crippen LogP contribution in [0.1, 0.15) is 26.7 Å². The van der Waals surface area contributed by atoms with Crippen molar-refractivity contribution in [1.29, 1.82) is 0 Å². The Hall–Kier alpha value is -0.300. The van der Waals surface area contributed by atoms with Crippen molar-refractivity contribution in [2.24, 2.45) is 0 Å². The highest BCUT2D eigenvalue weighted by molar-refractivity contribution is 4.76. The van der Waals surface area contributed by atoms with Crippen molar-refractivity contribution in [3.8, 4) is 0 Å². The maximum absolute atomic E-state index is 7.39. The predicted octanol–water partition coefficient (Wildman–Crippen LogP) is 2.01. The maximum Gasteiger partial charge on any atom is 0.0270 e. The maximum atomic E-state index is 7.39. The summed E-state index contributed by atoms with van der Waals surface area (Å²) in [6.07, 6.45) is 3.73. The largest absolute Gasteiger partial charge is 0.252 e. The molecule has 0 aliphatic carbocycles. The van der Waals surface area contributed by atoms with Crippen molar-refractivity contribution < 1.29 is 0 Å². The van der Waals surface area contributed by atoms with Gasteiger partial charge >= 0.3 is 0 Å². The van der Waals surface area contributed by atoms with E-state index in [0.717, 1.165) is 12.8 Å². The molecule has 0 aromatic rings. The summed E-state index contributed by atoms with van der Waals surface area (Å²) in [5.74, 6) is 0. The summed E-state index contributed by atoms with van der Waals surface area (Å²) >= 11 is 0. The molecule has 47 valence electrons. The van der Waals surface area contributed by atoms with Gasteiger partial charge in [-0.2, -0.15) is 0 Å². The molecule has 1 heteroatoms. The molecule has 0 fully saturated rings. The second kappa shape index (κ2) is 2.88. The van der Waals surface area contributed by atoms with E-state index in [4.69, 9.17) is 5.73 Å². The van der Waals surface area contributed by atoms with Crippen LogP contribution in [0.25, 0.3) is 0 Å². The van der Waals surface area contributed by atoms with Crippen LogP contribution in [-0.2, 0) is 0 Å². The smallest absolute Gasteiger partial charge is 0.0270 e. The zero-order chi connectivity index (χ0) is 6.62. The number of hydrogen-bond donors (Lipinski definition) is 0. The second-order valence-corrected chi connectivity index (χ2v) is 2.71. The van der Waals surface area contributed by atoms with Crippen LogP contribution in [0.3, 0.4) is 0 Å². The minimum absolute atomic E-state index is 0.270. The third-order valence-corrected chi connectivity index (χ3v) is 0.973. The Morgan fingerprint density at radius 3 is 2.25 bits per heavy atom. The third kappa shape index (κ3) is 5.70. The summed E-state index contributed by atoms with van der Waals surface area (Å²) in [5, 5.41) is 0. The van der Waals surface area contributed by atoms with Gasteiger partial charge in [0.05, 0.1) is 0 Å². The fourth-order valence-corrected chi connectivity index (χ4v) is 0.463. The molecular formula is C7H14N. The first-order valence-corrected chi connectivity index (χ1v) is 2.92. The zero-order valence-electron chi connectivity index (χ0n) is 5.70. The molecular weight excluding hydrogens is 98.1 g/mol.